The number of anilines is 1. The fourth-order valence-electron chi connectivity index (χ4n) is 2.31. The molecule has 23 heavy (non-hydrogen) atoms. The van der Waals surface area contributed by atoms with E-state index >= 15 is 0 Å². The average molecular weight is 346 g/mol. The molecular formula is C10H14N6O6S. The second kappa shape index (κ2) is 5.63. The topological polar surface area (TPSA) is 189 Å². The van der Waals surface area contributed by atoms with Crippen LogP contribution in [-0.2, 0) is 19.2 Å². The van der Waals surface area contributed by atoms with Gasteiger partial charge in [-0.2, -0.15) is 8.42 Å². The molecule has 1 aliphatic heterocycles. The second-order valence-corrected chi connectivity index (χ2v) is 6.13. The summed E-state index contributed by atoms with van der Waals surface area (Å²) in [7, 11) is -4.19. The van der Waals surface area contributed by atoms with Crippen LogP contribution in [0.4, 0.5) is 5.82 Å². The molecule has 0 aromatic carbocycles. The Morgan fingerprint density at radius 2 is 2.04 bits per heavy atom. The quantitative estimate of drug-likeness (QED) is 0.451. The number of ether oxygens (including phenoxy) is 1. The summed E-state index contributed by atoms with van der Waals surface area (Å²) < 4.78 is 32.8. The number of nitrogen functional groups attached to an aromatic ring is 1. The lowest BCUT2D eigenvalue weighted by Gasteiger charge is -2.16. The van der Waals surface area contributed by atoms with Gasteiger partial charge in [-0.1, -0.05) is 0 Å². The van der Waals surface area contributed by atoms with Gasteiger partial charge in [-0.3, -0.25) is 8.75 Å². The van der Waals surface area contributed by atoms with Gasteiger partial charge in [0.1, 0.15) is 30.2 Å². The third-order valence-electron chi connectivity index (χ3n) is 3.40. The first kappa shape index (κ1) is 16.0. The summed E-state index contributed by atoms with van der Waals surface area (Å²) in [6, 6.07) is 0. The number of hydrogen-bond donors (Lipinski definition) is 4. The fraction of sp³-hybridized carbons (Fsp3) is 0.500. The van der Waals surface area contributed by atoms with Crippen molar-refractivity contribution in [1.82, 2.24) is 19.5 Å². The summed E-state index contributed by atoms with van der Waals surface area (Å²) in [5.74, 6) is 0.149. The van der Waals surface area contributed by atoms with Gasteiger partial charge in [0, 0.05) is 0 Å². The normalized spacial score (nSPS) is 28.5. The average Bonchev–Trinajstić information content (AvgIpc) is 3.01. The van der Waals surface area contributed by atoms with Gasteiger partial charge in [0.15, 0.2) is 17.7 Å². The van der Waals surface area contributed by atoms with Gasteiger partial charge in [-0.25, -0.2) is 20.1 Å². The van der Waals surface area contributed by atoms with Gasteiger partial charge in [0.2, 0.25) is 0 Å². The third-order valence-corrected chi connectivity index (χ3v) is 3.86. The molecule has 0 bridgehead atoms. The smallest absolute Gasteiger partial charge is 0.333 e. The van der Waals surface area contributed by atoms with Gasteiger partial charge in [0.25, 0.3) is 0 Å². The van der Waals surface area contributed by atoms with Crippen molar-refractivity contribution in [3.05, 3.63) is 12.7 Å². The van der Waals surface area contributed by atoms with E-state index in [9.17, 15) is 18.6 Å². The Kier molecular flexibility index (Phi) is 3.91. The van der Waals surface area contributed by atoms with Crippen LogP contribution < -0.4 is 10.9 Å². The van der Waals surface area contributed by atoms with E-state index in [-0.39, 0.29) is 5.82 Å². The number of rotatable bonds is 4. The first-order chi connectivity index (χ1) is 10.8. The van der Waals surface area contributed by atoms with Gasteiger partial charge in [-0.15, -0.1) is 0 Å². The zero-order valence-electron chi connectivity index (χ0n) is 11.6. The molecule has 0 unspecified atom stereocenters. The molecule has 1 saturated heterocycles. The van der Waals surface area contributed by atoms with E-state index in [1.165, 1.54) is 17.2 Å². The van der Waals surface area contributed by atoms with Crippen LogP contribution in [0.25, 0.3) is 11.2 Å². The van der Waals surface area contributed by atoms with E-state index < -0.39 is 41.5 Å². The molecule has 1 fully saturated rings. The lowest BCUT2D eigenvalue weighted by Crippen LogP contribution is -2.35. The molecule has 1 aliphatic rings. The first-order valence-corrected chi connectivity index (χ1v) is 7.87. The van der Waals surface area contributed by atoms with Crippen LogP contribution in [0.2, 0.25) is 0 Å². The number of nitrogens with zero attached hydrogens (tertiary/aromatic N) is 4. The fourth-order valence-corrected chi connectivity index (χ4v) is 2.64. The van der Waals surface area contributed by atoms with Gasteiger partial charge >= 0.3 is 10.3 Å². The van der Waals surface area contributed by atoms with E-state index in [1.807, 2.05) is 0 Å². The molecule has 6 N–H and O–H groups in total. The Labute approximate surface area is 129 Å². The maximum atomic E-state index is 10.8. The van der Waals surface area contributed by atoms with Crippen molar-refractivity contribution in [1.29, 1.82) is 0 Å². The lowest BCUT2D eigenvalue weighted by molar-refractivity contribution is -0.0467. The number of aliphatic hydroxyl groups excluding tert-OH is 2. The molecule has 13 heteroatoms. The molecule has 2 aromatic heterocycles. The van der Waals surface area contributed by atoms with Crippen LogP contribution in [0.3, 0.4) is 0 Å². The highest BCUT2D eigenvalue weighted by Gasteiger charge is 2.44. The van der Waals surface area contributed by atoms with Crippen molar-refractivity contribution in [2.24, 2.45) is 5.14 Å². The van der Waals surface area contributed by atoms with Crippen LogP contribution >= 0.6 is 0 Å². The van der Waals surface area contributed by atoms with E-state index in [4.69, 9.17) is 15.6 Å². The minimum absolute atomic E-state index is 0.149. The minimum atomic E-state index is -4.19. The maximum absolute atomic E-state index is 10.8. The van der Waals surface area contributed by atoms with Crippen LogP contribution in [-0.4, -0.2) is 63.1 Å². The van der Waals surface area contributed by atoms with Crippen molar-refractivity contribution in [3.63, 3.8) is 0 Å². The van der Waals surface area contributed by atoms with Crippen molar-refractivity contribution in [2.75, 3.05) is 12.3 Å². The molecule has 0 radical (unpaired) electrons. The van der Waals surface area contributed by atoms with Crippen molar-refractivity contribution >= 4 is 27.3 Å². The molecule has 126 valence electrons. The summed E-state index contributed by atoms with van der Waals surface area (Å²) in [4.78, 5) is 11.8. The molecule has 4 atom stereocenters. The number of aliphatic hydroxyl groups is 2. The molecule has 0 spiro atoms. The summed E-state index contributed by atoms with van der Waals surface area (Å²) >= 11 is 0. The standard InChI is InChI=1S/C10H14N6O6S/c11-8-5-9(14-2-13-8)16(3-15-5)10-7(18)6(17)4(22-10)1-21-23(12,19)20/h2-4,6-7,10,17-18H,1H2,(H2,11,13,14)(H2,12,19,20)/t4-,6-,7+,10+/m0/s1. The van der Waals surface area contributed by atoms with Crippen molar-refractivity contribution < 1.29 is 27.6 Å². The highest BCUT2D eigenvalue weighted by Crippen LogP contribution is 2.32. The molecule has 3 rings (SSSR count). The van der Waals surface area contributed by atoms with E-state index in [0.717, 1.165) is 0 Å². The second-order valence-electron chi connectivity index (χ2n) is 4.91. The number of hydrogen-bond acceptors (Lipinski definition) is 10. The molecule has 3 heterocycles. The number of fused-ring (bicyclic) bond motifs is 1. The number of nitrogens with two attached hydrogens (primary N) is 2. The monoisotopic (exact) mass is 346 g/mol. The highest BCUT2D eigenvalue weighted by molar-refractivity contribution is 7.84. The van der Waals surface area contributed by atoms with E-state index in [2.05, 4.69) is 19.1 Å². The molecule has 0 amide bonds. The van der Waals surface area contributed by atoms with Gasteiger partial charge in [-0.05, 0) is 0 Å². The summed E-state index contributed by atoms with van der Waals surface area (Å²) in [5.41, 5.74) is 6.27. The van der Waals surface area contributed by atoms with Crippen LogP contribution in [0.1, 0.15) is 6.23 Å². The van der Waals surface area contributed by atoms with E-state index in [0.29, 0.717) is 11.2 Å². The largest absolute Gasteiger partial charge is 0.387 e. The Hall–Kier alpha value is -1.90. The molecular weight excluding hydrogens is 332 g/mol. The predicted molar refractivity (Wildman–Crippen MR) is 74.7 cm³/mol. The lowest BCUT2D eigenvalue weighted by atomic mass is 10.1. The summed E-state index contributed by atoms with van der Waals surface area (Å²) in [6.07, 6.45) is -2.38. The van der Waals surface area contributed by atoms with Gasteiger partial charge in [0.05, 0.1) is 12.9 Å². The minimum Gasteiger partial charge on any atom is -0.387 e. The van der Waals surface area contributed by atoms with Crippen molar-refractivity contribution in [2.45, 2.75) is 24.5 Å². The first-order valence-electron chi connectivity index (χ1n) is 6.39. The van der Waals surface area contributed by atoms with Crippen LogP contribution in [0.5, 0.6) is 0 Å². The predicted octanol–water partition coefficient (Wildman–Crippen LogP) is -2.75. The van der Waals surface area contributed by atoms with Gasteiger partial charge < -0.3 is 20.7 Å². The van der Waals surface area contributed by atoms with Crippen molar-refractivity contribution in [3.8, 4) is 0 Å². The van der Waals surface area contributed by atoms with Crippen LogP contribution in [0.15, 0.2) is 12.7 Å². The molecule has 2 aromatic rings. The highest BCUT2D eigenvalue weighted by atomic mass is 32.2. The molecule has 0 aliphatic carbocycles. The Bertz CT molecular complexity index is 824. The summed E-state index contributed by atoms with van der Waals surface area (Å²) in [5, 5.41) is 24.8. The Balaban J connectivity index is 1.86. The zero-order chi connectivity index (χ0) is 16.8. The third kappa shape index (κ3) is 2.97. The maximum Gasteiger partial charge on any atom is 0.333 e. The Morgan fingerprint density at radius 1 is 1.30 bits per heavy atom. The summed E-state index contributed by atoms with van der Waals surface area (Å²) in [6.45, 7) is -0.544. The number of aromatic nitrogens is 4. The molecule has 0 saturated carbocycles. The number of imidazole rings is 1. The SMILES string of the molecule is Nc1ncnc2c1ncn2[C@@H]1O[C@@H](COS(N)(=O)=O)[C@H](O)[C@H]1O. The Morgan fingerprint density at radius 3 is 2.74 bits per heavy atom. The zero-order valence-corrected chi connectivity index (χ0v) is 12.4. The molecule has 12 nitrogen and oxygen atoms in total. The van der Waals surface area contributed by atoms with Crippen LogP contribution in [0, 0.1) is 0 Å². The van der Waals surface area contributed by atoms with E-state index in [1.54, 1.807) is 0 Å².